The number of benzene rings is 4. The first-order chi connectivity index (χ1) is 38.9. The predicted molar refractivity (Wildman–Crippen MR) is 346 cm³/mol. The topological polar surface area (TPSA) is 98.2 Å². The van der Waals surface area contributed by atoms with Crippen molar-refractivity contribution in [2.45, 2.75) is 222 Å². The van der Waals surface area contributed by atoms with E-state index in [9.17, 15) is 0 Å². The van der Waals surface area contributed by atoms with Gasteiger partial charge < -0.3 is 35.2 Å². The Labute approximate surface area is 495 Å². The molecular formula is C74H116N2O5. The first kappa shape index (κ1) is 66.1. The zero-order valence-corrected chi connectivity index (χ0v) is 53.5. The van der Waals surface area contributed by atoms with Crippen LogP contribution in [-0.4, -0.2) is 52.9 Å². The molecule has 2 aliphatic rings. The van der Waals surface area contributed by atoms with Gasteiger partial charge in [0.05, 0.1) is 39.6 Å². The van der Waals surface area contributed by atoms with E-state index in [1.807, 2.05) is 0 Å². The maximum Gasteiger partial charge on any atom is 0.119 e. The van der Waals surface area contributed by atoms with Gasteiger partial charge in [-0.15, -0.1) is 0 Å². The fourth-order valence-electron chi connectivity index (χ4n) is 13.5. The van der Waals surface area contributed by atoms with Crippen LogP contribution in [0.1, 0.15) is 234 Å². The SMILES string of the molecule is CC(C)CCCC(C)CCC1(CCC(C)CCCC(C)C)c2cc(N)ccc2-c2ccc(OCCOCCOCCOCCOc3ccc4c(c3)C(CCC(C)CCCC(C)C)(CCC(C)CCCC(C)C)c3cc(N)ccc3-4)cc21. The van der Waals surface area contributed by atoms with E-state index in [-0.39, 0.29) is 10.8 Å². The molecule has 0 fully saturated rings. The van der Waals surface area contributed by atoms with Crippen molar-refractivity contribution in [1.29, 1.82) is 0 Å². The third kappa shape index (κ3) is 20.0. The van der Waals surface area contributed by atoms with Crippen LogP contribution in [0.4, 0.5) is 11.4 Å². The van der Waals surface area contributed by atoms with E-state index in [4.69, 9.17) is 35.2 Å². The lowest BCUT2D eigenvalue weighted by atomic mass is 9.69. The van der Waals surface area contributed by atoms with Gasteiger partial charge in [-0.05, 0) is 192 Å². The zero-order chi connectivity index (χ0) is 58.4. The highest BCUT2D eigenvalue weighted by molar-refractivity contribution is 5.84. The summed E-state index contributed by atoms with van der Waals surface area (Å²) in [7, 11) is 0. The summed E-state index contributed by atoms with van der Waals surface area (Å²) >= 11 is 0. The molecule has 6 rings (SSSR count). The molecule has 4 atom stereocenters. The number of hydrogen-bond acceptors (Lipinski definition) is 7. The molecule has 2 aliphatic carbocycles. The Kier molecular flexibility index (Phi) is 27.3. The van der Waals surface area contributed by atoms with Gasteiger partial charge in [0, 0.05) is 22.2 Å². The molecule has 4 aromatic rings. The summed E-state index contributed by atoms with van der Waals surface area (Å²) in [5, 5.41) is 0. The molecular weight excluding hydrogens is 997 g/mol. The minimum atomic E-state index is -0.0850. The molecule has 0 spiro atoms. The van der Waals surface area contributed by atoms with Gasteiger partial charge >= 0.3 is 0 Å². The minimum Gasteiger partial charge on any atom is -0.491 e. The molecule has 0 radical (unpaired) electrons. The third-order valence-electron chi connectivity index (χ3n) is 18.6. The molecule has 0 bridgehead atoms. The molecule has 7 nitrogen and oxygen atoms in total. The summed E-state index contributed by atoms with van der Waals surface area (Å²) in [6.45, 7) is 32.6. The monoisotopic (exact) mass is 1110 g/mol. The van der Waals surface area contributed by atoms with Crippen molar-refractivity contribution in [2.75, 3.05) is 64.3 Å². The first-order valence-electron chi connectivity index (χ1n) is 33.0. The average molecular weight is 1110 g/mol. The molecule has 4 aromatic carbocycles. The van der Waals surface area contributed by atoms with E-state index in [1.165, 1.54) is 147 Å². The highest BCUT2D eigenvalue weighted by Gasteiger charge is 2.45. The molecule has 81 heavy (non-hydrogen) atoms. The van der Waals surface area contributed by atoms with Crippen LogP contribution in [0.15, 0.2) is 72.8 Å². The van der Waals surface area contributed by atoms with Crippen LogP contribution in [-0.2, 0) is 25.0 Å². The van der Waals surface area contributed by atoms with Gasteiger partial charge in [0.2, 0.25) is 0 Å². The lowest BCUT2D eigenvalue weighted by Crippen LogP contribution is -2.27. The summed E-state index contributed by atoms with van der Waals surface area (Å²) < 4.78 is 30.9. The summed E-state index contributed by atoms with van der Waals surface area (Å²) in [6.07, 6.45) is 24.9. The Morgan fingerprint density at radius 2 is 0.568 bits per heavy atom. The van der Waals surface area contributed by atoms with E-state index < -0.39 is 0 Å². The molecule has 0 amide bonds. The third-order valence-corrected chi connectivity index (χ3v) is 18.6. The van der Waals surface area contributed by atoms with Crippen molar-refractivity contribution in [3.8, 4) is 33.8 Å². The van der Waals surface area contributed by atoms with E-state index >= 15 is 0 Å². The van der Waals surface area contributed by atoms with Gasteiger partial charge in [0.25, 0.3) is 0 Å². The number of fused-ring (bicyclic) bond motifs is 6. The normalized spacial score (nSPS) is 17.9. The smallest absolute Gasteiger partial charge is 0.119 e. The first-order valence-corrected chi connectivity index (χ1v) is 33.0. The van der Waals surface area contributed by atoms with Gasteiger partial charge in [-0.25, -0.2) is 0 Å². The lowest BCUT2D eigenvalue weighted by molar-refractivity contribution is 0.00498. The van der Waals surface area contributed by atoms with Gasteiger partial charge in [-0.1, -0.05) is 184 Å². The molecule has 0 saturated carbocycles. The van der Waals surface area contributed by atoms with Crippen molar-refractivity contribution in [2.24, 2.45) is 47.3 Å². The Bertz CT molecular complexity index is 2230. The fraction of sp³-hybridized carbons (Fsp3) is 0.676. The van der Waals surface area contributed by atoms with Gasteiger partial charge in [0.1, 0.15) is 24.7 Å². The number of hydrogen-bond donors (Lipinski definition) is 2. The zero-order valence-electron chi connectivity index (χ0n) is 53.5. The molecule has 0 aromatic heterocycles. The standard InChI is InChI=1S/C74H116N2O5/c1-53(2)17-13-21-57(9)33-37-73(38-34-58(10)22-14-18-54(3)4)69-49-61(75)25-29-65(69)67-31-27-63(51-71(67)73)80-47-45-78-43-41-77-42-44-79-46-48-81-64-28-32-68-66-30-26-62(76)50-70(66)74(72(68)52-64,39-35-59(11)23-15-19-55(5)6)40-36-60(12)24-16-20-56(7)8/h25-32,49-60H,13-24,33-48,75-76H2,1-12H3. The molecule has 0 aliphatic heterocycles. The van der Waals surface area contributed by atoms with Crippen molar-refractivity contribution >= 4 is 11.4 Å². The van der Waals surface area contributed by atoms with Crippen LogP contribution < -0.4 is 20.9 Å². The molecule has 452 valence electrons. The largest absolute Gasteiger partial charge is 0.491 e. The van der Waals surface area contributed by atoms with Gasteiger partial charge in [-0.2, -0.15) is 0 Å². The molecule has 7 heteroatoms. The number of nitrogens with two attached hydrogens (primary N) is 2. The second kappa shape index (κ2) is 33.4. The number of nitrogen functional groups attached to an aromatic ring is 2. The van der Waals surface area contributed by atoms with Gasteiger partial charge in [0.15, 0.2) is 0 Å². The quantitative estimate of drug-likeness (QED) is 0.0337. The van der Waals surface area contributed by atoms with Crippen LogP contribution in [0.5, 0.6) is 11.5 Å². The van der Waals surface area contributed by atoms with Crippen LogP contribution in [0.2, 0.25) is 0 Å². The number of anilines is 2. The number of ether oxygens (including phenoxy) is 5. The summed E-state index contributed by atoms with van der Waals surface area (Å²) in [4.78, 5) is 0. The van der Waals surface area contributed by atoms with Crippen molar-refractivity contribution in [3.05, 3.63) is 95.1 Å². The van der Waals surface area contributed by atoms with Crippen LogP contribution in [0.25, 0.3) is 22.3 Å². The van der Waals surface area contributed by atoms with Crippen LogP contribution in [0.3, 0.4) is 0 Å². The van der Waals surface area contributed by atoms with Crippen LogP contribution in [0, 0.1) is 47.3 Å². The number of rotatable bonds is 42. The Morgan fingerprint density at radius 3 is 0.852 bits per heavy atom. The van der Waals surface area contributed by atoms with E-state index in [0.717, 1.165) is 72.2 Å². The summed E-state index contributed by atoms with van der Waals surface area (Å²) in [6, 6.07) is 26.9. The van der Waals surface area contributed by atoms with E-state index in [1.54, 1.807) is 0 Å². The molecule has 4 N–H and O–H groups in total. The molecule has 0 saturated heterocycles. The van der Waals surface area contributed by atoms with E-state index in [0.29, 0.717) is 76.5 Å². The predicted octanol–water partition coefficient (Wildman–Crippen LogP) is 19.9. The fourth-order valence-corrected chi connectivity index (χ4v) is 13.5. The highest BCUT2D eigenvalue weighted by atomic mass is 16.6. The maximum absolute atomic E-state index is 6.61. The average Bonchev–Trinajstić information content (AvgIpc) is 3.68. The molecule has 4 unspecified atom stereocenters. The van der Waals surface area contributed by atoms with Gasteiger partial charge in [-0.3, -0.25) is 0 Å². The summed E-state index contributed by atoms with van der Waals surface area (Å²) in [5.74, 6) is 7.56. The highest BCUT2D eigenvalue weighted by Crippen LogP contribution is 2.57. The molecule has 0 heterocycles. The second-order valence-corrected chi connectivity index (χ2v) is 27.6. The van der Waals surface area contributed by atoms with Crippen molar-refractivity contribution < 1.29 is 23.7 Å². The Morgan fingerprint density at radius 1 is 0.309 bits per heavy atom. The van der Waals surface area contributed by atoms with Crippen LogP contribution >= 0.6 is 0 Å². The second-order valence-electron chi connectivity index (χ2n) is 27.6. The lowest BCUT2D eigenvalue weighted by Gasteiger charge is -2.35. The maximum atomic E-state index is 6.61. The summed E-state index contributed by atoms with van der Waals surface area (Å²) in [5.41, 5.74) is 25.8. The van der Waals surface area contributed by atoms with Crippen molar-refractivity contribution in [3.63, 3.8) is 0 Å². The van der Waals surface area contributed by atoms with E-state index in [2.05, 4.69) is 156 Å². The minimum absolute atomic E-state index is 0.0850. The van der Waals surface area contributed by atoms with Crippen molar-refractivity contribution in [1.82, 2.24) is 0 Å². The Hall–Kier alpha value is -4.04. The Balaban J connectivity index is 0.971.